The molecule has 1 aliphatic heterocycles. The zero-order valence-electron chi connectivity index (χ0n) is 13.9. The summed E-state index contributed by atoms with van der Waals surface area (Å²) in [6, 6.07) is 8.96. The third kappa shape index (κ3) is 4.60. The number of sulfonamides is 1. The second-order valence-corrected chi connectivity index (χ2v) is 8.82. The Balaban J connectivity index is 1.47. The number of rotatable bonds is 6. The van der Waals surface area contributed by atoms with E-state index in [9.17, 15) is 17.6 Å². The fraction of sp³-hybridized carbons (Fsp3) is 0.353. The first-order valence-corrected chi connectivity index (χ1v) is 10.5. The number of halogens is 1. The fourth-order valence-corrected chi connectivity index (χ4v) is 5.05. The number of hydrogen-bond acceptors (Lipinski definition) is 5. The Morgan fingerprint density at radius 1 is 1.23 bits per heavy atom. The average Bonchev–Trinajstić information content (AvgIpc) is 3.17. The van der Waals surface area contributed by atoms with E-state index in [1.165, 1.54) is 23.5 Å². The van der Waals surface area contributed by atoms with Gasteiger partial charge >= 0.3 is 0 Å². The molecule has 1 aliphatic rings. The SMILES string of the molecule is O=C(COc1ccccc1F)N1CCC(NS(=O)(=O)c2cccs2)CC1. The van der Waals surface area contributed by atoms with Crippen LogP contribution in [0, 0.1) is 5.82 Å². The van der Waals surface area contributed by atoms with Crippen LogP contribution in [0.2, 0.25) is 0 Å². The van der Waals surface area contributed by atoms with Gasteiger partial charge in [-0.15, -0.1) is 11.3 Å². The summed E-state index contributed by atoms with van der Waals surface area (Å²) in [4.78, 5) is 13.8. The summed E-state index contributed by atoms with van der Waals surface area (Å²) in [6.07, 6.45) is 1.05. The summed E-state index contributed by atoms with van der Waals surface area (Å²) in [5.41, 5.74) is 0. The molecule has 3 rings (SSSR count). The van der Waals surface area contributed by atoms with E-state index in [-0.39, 0.29) is 28.5 Å². The molecule has 1 N–H and O–H groups in total. The van der Waals surface area contributed by atoms with E-state index < -0.39 is 15.8 Å². The van der Waals surface area contributed by atoms with E-state index in [0.29, 0.717) is 25.9 Å². The minimum absolute atomic E-state index is 0.0412. The molecule has 6 nitrogen and oxygen atoms in total. The van der Waals surface area contributed by atoms with Gasteiger partial charge in [0.25, 0.3) is 5.91 Å². The van der Waals surface area contributed by atoms with Gasteiger partial charge in [0.1, 0.15) is 4.21 Å². The van der Waals surface area contributed by atoms with Gasteiger partial charge in [-0.2, -0.15) is 0 Å². The monoisotopic (exact) mass is 398 g/mol. The molecule has 1 fully saturated rings. The van der Waals surface area contributed by atoms with Gasteiger partial charge < -0.3 is 9.64 Å². The van der Waals surface area contributed by atoms with Crippen molar-refractivity contribution < 1.29 is 22.3 Å². The summed E-state index contributed by atoms with van der Waals surface area (Å²) in [6.45, 7) is 0.612. The largest absolute Gasteiger partial charge is 0.481 e. The van der Waals surface area contributed by atoms with Gasteiger partial charge in [0, 0.05) is 19.1 Å². The Morgan fingerprint density at radius 3 is 2.62 bits per heavy atom. The van der Waals surface area contributed by atoms with Gasteiger partial charge in [-0.1, -0.05) is 18.2 Å². The predicted molar refractivity (Wildman–Crippen MR) is 96.1 cm³/mol. The van der Waals surface area contributed by atoms with Crippen molar-refractivity contribution in [2.75, 3.05) is 19.7 Å². The number of piperidine rings is 1. The van der Waals surface area contributed by atoms with Gasteiger partial charge in [0.05, 0.1) is 0 Å². The molecule has 1 amide bonds. The standard InChI is InChI=1S/C17H19FN2O4S2/c18-14-4-1-2-5-15(14)24-12-16(21)20-9-7-13(8-10-20)19-26(22,23)17-6-3-11-25-17/h1-6,11,13,19H,7-10,12H2. The molecule has 2 heterocycles. The van der Waals surface area contributed by atoms with E-state index in [0.717, 1.165) is 0 Å². The molecule has 2 aromatic rings. The van der Waals surface area contributed by atoms with Crippen LogP contribution in [0.3, 0.4) is 0 Å². The molecule has 0 spiro atoms. The first-order chi connectivity index (χ1) is 12.5. The summed E-state index contributed by atoms with van der Waals surface area (Å²) >= 11 is 1.17. The van der Waals surface area contributed by atoms with Crippen LogP contribution in [0.5, 0.6) is 5.75 Å². The molecule has 0 bridgehead atoms. The van der Waals surface area contributed by atoms with Crippen LogP contribution >= 0.6 is 11.3 Å². The van der Waals surface area contributed by atoms with Gasteiger partial charge in [-0.25, -0.2) is 17.5 Å². The number of benzene rings is 1. The van der Waals surface area contributed by atoms with E-state index >= 15 is 0 Å². The van der Waals surface area contributed by atoms with Crippen LogP contribution in [0.1, 0.15) is 12.8 Å². The number of amides is 1. The first-order valence-electron chi connectivity index (χ1n) is 8.16. The van der Waals surface area contributed by atoms with E-state index in [1.54, 1.807) is 34.5 Å². The Kier molecular flexibility index (Phi) is 5.90. The summed E-state index contributed by atoms with van der Waals surface area (Å²) in [7, 11) is -3.51. The van der Waals surface area contributed by atoms with E-state index in [4.69, 9.17) is 4.74 Å². The number of para-hydroxylation sites is 1. The molecule has 0 saturated carbocycles. The maximum absolute atomic E-state index is 13.5. The van der Waals surface area contributed by atoms with Crippen LogP contribution < -0.4 is 9.46 Å². The highest BCUT2D eigenvalue weighted by molar-refractivity contribution is 7.91. The van der Waals surface area contributed by atoms with Crippen LogP contribution in [-0.4, -0.2) is 45.0 Å². The van der Waals surface area contributed by atoms with Crippen molar-refractivity contribution in [3.63, 3.8) is 0 Å². The smallest absolute Gasteiger partial charge is 0.260 e. The van der Waals surface area contributed by atoms with Crippen molar-refractivity contribution in [3.05, 3.63) is 47.6 Å². The maximum atomic E-state index is 13.5. The van der Waals surface area contributed by atoms with Crippen LogP contribution in [0.15, 0.2) is 46.0 Å². The topological polar surface area (TPSA) is 75.7 Å². The maximum Gasteiger partial charge on any atom is 0.260 e. The van der Waals surface area contributed by atoms with Crippen molar-refractivity contribution in [2.45, 2.75) is 23.1 Å². The van der Waals surface area contributed by atoms with E-state index in [2.05, 4.69) is 4.72 Å². The lowest BCUT2D eigenvalue weighted by molar-refractivity contribution is -0.134. The molecule has 26 heavy (non-hydrogen) atoms. The second-order valence-electron chi connectivity index (χ2n) is 5.93. The lowest BCUT2D eigenvalue weighted by atomic mass is 10.1. The Labute approximate surface area is 155 Å². The second kappa shape index (κ2) is 8.15. The first kappa shape index (κ1) is 18.8. The summed E-state index contributed by atoms with van der Waals surface area (Å²) < 4.78 is 46.2. The Bertz CT molecular complexity index is 847. The molecule has 140 valence electrons. The van der Waals surface area contributed by atoms with E-state index in [1.807, 2.05) is 0 Å². The highest BCUT2D eigenvalue weighted by Gasteiger charge is 2.27. The number of likely N-dealkylation sites (tertiary alicyclic amines) is 1. The number of nitrogens with zero attached hydrogens (tertiary/aromatic N) is 1. The number of hydrogen-bond donors (Lipinski definition) is 1. The molecule has 1 aromatic heterocycles. The number of carbonyl (C=O) groups is 1. The Hall–Kier alpha value is -1.97. The van der Waals surface area contributed by atoms with Crippen LogP contribution in [0.4, 0.5) is 4.39 Å². The average molecular weight is 398 g/mol. The summed E-state index contributed by atoms with van der Waals surface area (Å²) in [5, 5.41) is 1.71. The quantitative estimate of drug-likeness (QED) is 0.810. The molecule has 1 saturated heterocycles. The highest BCUT2D eigenvalue weighted by atomic mass is 32.2. The number of ether oxygens (including phenoxy) is 1. The molecule has 0 unspecified atom stereocenters. The van der Waals surface area contributed by atoms with Crippen molar-refractivity contribution in [2.24, 2.45) is 0 Å². The fourth-order valence-electron chi connectivity index (χ4n) is 2.73. The minimum Gasteiger partial charge on any atom is -0.481 e. The number of carbonyl (C=O) groups excluding carboxylic acids is 1. The molecule has 0 radical (unpaired) electrons. The zero-order valence-corrected chi connectivity index (χ0v) is 15.6. The Morgan fingerprint density at radius 2 is 1.96 bits per heavy atom. The molecule has 1 aromatic carbocycles. The van der Waals surface area contributed by atoms with Gasteiger partial charge in [-0.05, 0) is 36.4 Å². The van der Waals surface area contributed by atoms with Crippen molar-refractivity contribution in [1.82, 2.24) is 9.62 Å². The van der Waals surface area contributed by atoms with Gasteiger partial charge in [0.15, 0.2) is 18.2 Å². The third-order valence-electron chi connectivity index (χ3n) is 4.12. The van der Waals surface area contributed by atoms with Crippen molar-refractivity contribution in [1.29, 1.82) is 0 Å². The highest BCUT2D eigenvalue weighted by Crippen LogP contribution is 2.19. The van der Waals surface area contributed by atoms with Gasteiger partial charge in [-0.3, -0.25) is 4.79 Å². The molecule has 0 aliphatic carbocycles. The van der Waals surface area contributed by atoms with Crippen molar-refractivity contribution >= 4 is 27.3 Å². The predicted octanol–water partition coefficient (Wildman–Crippen LogP) is 2.24. The molecular formula is C17H19FN2O4S2. The van der Waals surface area contributed by atoms with Gasteiger partial charge in [0.2, 0.25) is 10.0 Å². The van der Waals surface area contributed by atoms with Crippen molar-refractivity contribution in [3.8, 4) is 5.75 Å². The zero-order chi connectivity index (χ0) is 18.6. The number of thiophene rings is 1. The van der Waals surface area contributed by atoms with Crippen LogP contribution in [0.25, 0.3) is 0 Å². The normalized spacial score (nSPS) is 15.8. The molecule has 0 atom stereocenters. The lowest BCUT2D eigenvalue weighted by Crippen LogP contribution is -2.47. The molecular weight excluding hydrogens is 379 g/mol. The lowest BCUT2D eigenvalue weighted by Gasteiger charge is -2.32. The summed E-state index contributed by atoms with van der Waals surface area (Å²) in [5.74, 6) is -0.714. The van der Waals surface area contributed by atoms with Crippen LogP contribution in [-0.2, 0) is 14.8 Å². The minimum atomic E-state index is -3.51. The number of nitrogens with one attached hydrogen (secondary N) is 1. The molecule has 9 heteroatoms. The third-order valence-corrected chi connectivity index (χ3v) is 7.04.